The molecule has 112 valence electrons. The molecule has 0 aromatic heterocycles. The zero-order valence-electron chi connectivity index (χ0n) is 12.7. The molecule has 1 atom stereocenters. The number of amides is 2. The van der Waals surface area contributed by atoms with Gasteiger partial charge in [0.05, 0.1) is 7.11 Å². The molecule has 0 aliphatic heterocycles. The van der Waals surface area contributed by atoms with Gasteiger partial charge in [0.25, 0.3) is 0 Å². The summed E-state index contributed by atoms with van der Waals surface area (Å²) in [6.45, 7) is 5.09. The van der Waals surface area contributed by atoms with Gasteiger partial charge in [-0.3, -0.25) is 0 Å². The van der Waals surface area contributed by atoms with E-state index in [1.807, 2.05) is 18.2 Å². The monoisotopic (exact) mass is 278 g/mol. The largest absolute Gasteiger partial charge is 0.497 e. The molecule has 4 heteroatoms. The van der Waals surface area contributed by atoms with Crippen molar-refractivity contribution >= 4 is 11.7 Å². The maximum Gasteiger partial charge on any atom is 0.319 e. The smallest absolute Gasteiger partial charge is 0.319 e. The number of benzene rings is 1. The fraction of sp³-hybridized carbons (Fsp3) is 0.562. The van der Waals surface area contributed by atoms with Crippen LogP contribution in [-0.4, -0.2) is 19.7 Å². The van der Waals surface area contributed by atoms with Gasteiger partial charge in [-0.15, -0.1) is 0 Å². The molecule has 1 unspecified atom stereocenters. The van der Waals surface area contributed by atoms with Gasteiger partial charge in [0.1, 0.15) is 5.75 Å². The molecule has 0 saturated heterocycles. The molecule has 0 saturated carbocycles. The number of carbonyl (C=O) groups excluding carboxylic acids is 1. The number of nitrogens with one attached hydrogen (secondary N) is 2. The third kappa shape index (κ3) is 5.95. The molecule has 20 heavy (non-hydrogen) atoms. The van der Waals surface area contributed by atoms with Gasteiger partial charge < -0.3 is 15.4 Å². The Kier molecular flexibility index (Phi) is 7.55. The van der Waals surface area contributed by atoms with Gasteiger partial charge in [0.2, 0.25) is 0 Å². The first-order chi connectivity index (χ1) is 9.69. The van der Waals surface area contributed by atoms with Gasteiger partial charge in [0.15, 0.2) is 0 Å². The van der Waals surface area contributed by atoms with E-state index in [0.717, 1.165) is 24.4 Å². The molecule has 2 amide bonds. The second kappa shape index (κ2) is 9.23. The first kappa shape index (κ1) is 16.3. The van der Waals surface area contributed by atoms with Gasteiger partial charge in [-0.2, -0.15) is 0 Å². The minimum atomic E-state index is -0.159. The lowest BCUT2D eigenvalue weighted by atomic mass is 9.99. The van der Waals surface area contributed by atoms with Crippen molar-refractivity contribution in [2.45, 2.75) is 39.5 Å². The predicted molar refractivity (Wildman–Crippen MR) is 83.3 cm³/mol. The quantitative estimate of drug-likeness (QED) is 0.754. The van der Waals surface area contributed by atoms with Gasteiger partial charge in [-0.25, -0.2) is 4.79 Å². The molecule has 0 heterocycles. The average Bonchev–Trinajstić information content (AvgIpc) is 2.47. The topological polar surface area (TPSA) is 50.4 Å². The summed E-state index contributed by atoms with van der Waals surface area (Å²) in [5.74, 6) is 1.29. The Labute approximate surface area is 121 Å². The van der Waals surface area contributed by atoms with Gasteiger partial charge in [-0.1, -0.05) is 39.2 Å². The maximum absolute atomic E-state index is 11.8. The molecule has 2 N–H and O–H groups in total. The van der Waals surface area contributed by atoms with Crippen molar-refractivity contribution in [2.24, 2.45) is 5.92 Å². The second-order valence-corrected chi connectivity index (χ2v) is 4.98. The van der Waals surface area contributed by atoms with E-state index in [4.69, 9.17) is 4.74 Å². The molecule has 1 aromatic rings. The van der Waals surface area contributed by atoms with E-state index in [2.05, 4.69) is 24.5 Å². The molecular formula is C16H26N2O2. The molecule has 0 spiro atoms. The Morgan fingerprint density at radius 2 is 2.15 bits per heavy atom. The summed E-state index contributed by atoms with van der Waals surface area (Å²) >= 11 is 0. The number of anilines is 1. The molecular weight excluding hydrogens is 252 g/mol. The fourth-order valence-electron chi connectivity index (χ4n) is 2.06. The van der Waals surface area contributed by atoms with E-state index < -0.39 is 0 Å². The van der Waals surface area contributed by atoms with E-state index >= 15 is 0 Å². The van der Waals surface area contributed by atoms with Crippen LogP contribution in [0.3, 0.4) is 0 Å². The van der Waals surface area contributed by atoms with Crippen LogP contribution in [0.5, 0.6) is 5.75 Å². The number of rotatable bonds is 8. The van der Waals surface area contributed by atoms with E-state index in [9.17, 15) is 4.79 Å². The molecule has 4 nitrogen and oxygen atoms in total. The number of unbranched alkanes of at least 4 members (excludes halogenated alkanes) is 1. The zero-order valence-corrected chi connectivity index (χ0v) is 12.7. The van der Waals surface area contributed by atoms with Gasteiger partial charge in [0, 0.05) is 18.3 Å². The van der Waals surface area contributed by atoms with Crippen LogP contribution in [0.4, 0.5) is 10.5 Å². The van der Waals surface area contributed by atoms with Crippen molar-refractivity contribution in [1.29, 1.82) is 0 Å². The maximum atomic E-state index is 11.8. The number of methoxy groups -OCH3 is 1. The molecule has 0 bridgehead atoms. The van der Waals surface area contributed by atoms with Crippen LogP contribution >= 0.6 is 0 Å². The van der Waals surface area contributed by atoms with E-state index in [-0.39, 0.29) is 6.03 Å². The van der Waals surface area contributed by atoms with Crippen LogP contribution in [-0.2, 0) is 0 Å². The Morgan fingerprint density at radius 1 is 1.35 bits per heavy atom. The van der Waals surface area contributed by atoms with Gasteiger partial charge >= 0.3 is 6.03 Å². The first-order valence-corrected chi connectivity index (χ1v) is 7.38. The number of hydrogen-bond donors (Lipinski definition) is 2. The summed E-state index contributed by atoms with van der Waals surface area (Å²) in [6, 6.07) is 7.18. The van der Waals surface area contributed by atoms with E-state index in [0.29, 0.717) is 5.92 Å². The van der Waals surface area contributed by atoms with Gasteiger partial charge in [-0.05, 0) is 24.5 Å². The van der Waals surface area contributed by atoms with E-state index in [1.165, 1.54) is 19.3 Å². The lowest BCUT2D eigenvalue weighted by Gasteiger charge is -2.15. The highest BCUT2D eigenvalue weighted by molar-refractivity contribution is 5.89. The Balaban J connectivity index is 2.38. The normalized spacial score (nSPS) is 11.8. The van der Waals surface area contributed by atoms with Crippen LogP contribution in [0, 0.1) is 5.92 Å². The standard InChI is InChI=1S/C16H26N2O2/c1-4-6-8-13(5-2)12-17-16(19)18-14-9-7-10-15(11-14)20-3/h7,9-11,13H,4-6,8,12H2,1-3H3,(H2,17,18,19). The lowest BCUT2D eigenvalue weighted by molar-refractivity contribution is 0.249. The summed E-state index contributed by atoms with van der Waals surface area (Å²) in [5.41, 5.74) is 0.739. The van der Waals surface area contributed by atoms with Crippen LogP contribution in [0.2, 0.25) is 0 Å². The number of urea groups is 1. The average molecular weight is 278 g/mol. The minimum absolute atomic E-state index is 0.159. The summed E-state index contributed by atoms with van der Waals surface area (Å²) in [6.07, 6.45) is 4.69. The highest BCUT2D eigenvalue weighted by atomic mass is 16.5. The van der Waals surface area contributed by atoms with Crippen LogP contribution < -0.4 is 15.4 Å². The number of carbonyl (C=O) groups is 1. The third-order valence-electron chi connectivity index (χ3n) is 3.42. The van der Waals surface area contributed by atoms with Crippen molar-refractivity contribution < 1.29 is 9.53 Å². The van der Waals surface area contributed by atoms with Crippen molar-refractivity contribution in [2.75, 3.05) is 19.0 Å². The zero-order chi connectivity index (χ0) is 14.8. The number of ether oxygens (including phenoxy) is 1. The van der Waals surface area contributed by atoms with E-state index in [1.54, 1.807) is 13.2 Å². The third-order valence-corrected chi connectivity index (χ3v) is 3.42. The first-order valence-electron chi connectivity index (χ1n) is 7.38. The summed E-state index contributed by atoms with van der Waals surface area (Å²) in [4.78, 5) is 11.8. The van der Waals surface area contributed by atoms with Crippen molar-refractivity contribution in [3.8, 4) is 5.75 Å². The number of hydrogen-bond acceptors (Lipinski definition) is 2. The molecule has 0 aliphatic carbocycles. The summed E-state index contributed by atoms with van der Waals surface area (Å²) in [5, 5.41) is 5.76. The predicted octanol–water partition coefficient (Wildman–Crippen LogP) is 4.03. The Hall–Kier alpha value is -1.71. The Bertz CT molecular complexity index is 407. The highest BCUT2D eigenvalue weighted by Gasteiger charge is 2.08. The van der Waals surface area contributed by atoms with Crippen LogP contribution in [0.1, 0.15) is 39.5 Å². The van der Waals surface area contributed by atoms with Crippen LogP contribution in [0.15, 0.2) is 24.3 Å². The minimum Gasteiger partial charge on any atom is -0.497 e. The summed E-state index contributed by atoms with van der Waals surface area (Å²) < 4.78 is 5.12. The molecule has 0 radical (unpaired) electrons. The Morgan fingerprint density at radius 3 is 2.80 bits per heavy atom. The van der Waals surface area contributed by atoms with Crippen LogP contribution in [0.25, 0.3) is 0 Å². The molecule has 0 aliphatic rings. The van der Waals surface area contributed by atoms with Crippen molar-refractivity contribution in [1.82, 2.24) is 5.32 Å². The van der Waals surface area contributed by atoms with Crippen molar-refractivity contribution in [3.05, 3.63) is 24.3 Å². The molecule has 1 aromatic carbocycles. The molecule has 0 fully saturated rings. The van der Waals surface area contributed by atoms with Crippen molar-refractivity contribution in [3.63, 3.8) is 0 Å². The lowest BCUT2D eigenvalue weighted by Crippen LogP contribution is -2.33. The second-order valence-electron chi connectivity index (χ2n) is 4.98. The fourth-order valence-corrected chi connectivity index (χ4v) is 2.06. The highest BCUT2D eigenvalue weighted by Crippen LogP contribution is 2.16. The molecule has 1 rings (SSSR count). The SMILES string of the molecule is CCCCC(CC)CNC(=O)Nc1cccc(OC)c1. The summed E-state index contributed by atoms with van der Waals surface area (Å²) in [7, 11) is 1.61.